The van der Waals surface area contributed by atoms with Crippen molar-refractivity contribution in [3.05, 3.63) is 63.7 Å². The molecule has 8 heteroatoms. The Bertz CT molecular complexity index is 1100. The van der Waals surface area contributed by atoms with Crippen LogP contribution in [0.25, 0.3) is 6.08 Å². The Morgan fingerprint density at radius 3 is 2.14 bits per heavy atom. The molecule has 236 valence electrons. The highest BCUT2D eigenvalue weighted by molar-refractivity contribution is 6.31. The molecule has 1 heterocycles. The average molecular weight is 605 g/mol. The molecule has 0 saturated heterocycles. The standard InChI is InChI=1S/C23H25ClFN3O2.C6H15N.C3H8.C2H6/c1-4-6-19-17(12-15(3)24)14-21(27-19)23(30)28-20(22(29)26-11-5-2)13-16-7-9-18(25)10-8-16;1-4-6-7(3)5-2;1-3-2;1-2/h7-10,12,14,20,27H,5,11,13H2,1-3H3,(H,26,29)(H,28,30);4-6H2,1-3H3;3H2,1-2H3;1-2H3/b15-12+;;;/t20-;;;/m0.../s1. The normalized spacial score (nSPS) is 10.8. The number of allylic oxidation sites excluding steroid dienone is 1. The SMILES string of the molecule is CC.CC#Cc1[nH]c(C(=O)N[C@@H](Cc2ccc(F)cc2)C(=O)NCCC)cc1/C=C(\C)Cl.CCC.CCCN(C)CC. The monoisotopic (exact) mass is 604 g/mol. The summed E-state index contributed by atoms with van der Waals surface area (Å²) in [5.41, 5.74) is 2.25. The van der Waals surface area contributed by atoms with Crippen LogP contribution < -0.4 is 10.6 Å². The number of halogens is 2. The molecule has 3 N–H and O–H groups in total. The third kappa shape index (κ3) is 18.4. The van der Waals surface area contributed by atoms with Crippen molar-refractivity contribution in [1.82, 2.24) is 20.5 Å². The Kier molecular flexibility index (Phi) is 25.0. The molecular weight excluding hydrogens is 551 g/mol. The highest BCUT2D eigenvalue weighted by Gasteiger charge is 2.23. The van der Waals surface area contributed by atoms with Gasteiger partial charge in [-0.25, -0.2) is 4.39 Å². The van der Waals surface area contributed by atoms with Crippen molar-refractivity contribution in [3.8, 4) is 11.8 Å². The van der Waals surface area contributed by atoms with Crippen LogP contribution in [0, 0.1) is 17.7 Å². The third-order valence-electron chi connectivity index (χ3n) is 5.37. The van der Waals surface area contributed by atoms with E-state index in [-0.39, 0.29) is 23.8 Å². The number of benzene rings is 1. The zero-order valence-corrected chi connectivity index (χ0v) is 28.3. The van der Waals surface area contributed by atoms with Crippen molar-refractivity contribution < 1.29 is 14.0 Å². The van der Waals surface area contributed by atoms with Crippen molar-refractivity contribution >= 4 is 29.5 Å². The van der Waals surface area contributed by atoms with Crippen LogP contribution in [0.5, 0.6) is 0 Å². The summed E-state index contributed by atoms with van der Waals surface area (Å²) >= 11 is 5.97. The molecule has 0 fully saturated rings. The number of hydrogen-bond donors (Lipinski definition) is 3. The molecule has 6 nitrogen and oxygen atoms in total. The summed E-state index contributed by atoms with van der Waals surface area (Å²) in [6, 6.07) is 6.67. The number of amides is 2. The molecule has 0 bridgehead atoms. The van der Waals surface area contributed by atoms with Crippen LogP contribution in [0.2, 0.25) is 0 Å². The van der Waals surface area contributed by atoms with Crippen molar-refractivity contribution in [2.75, 3.05) is 26.7 Å². The lowest BCUT2D eigenvalue weighted by atomic mass is 10.0. The topological polar surface area (TPSA) is 77.2 Å². The molecule has 0 aliphatic heterocycles. The minimum Gasteiger partial charge on any atom is -0.354 e. The second kappa shape index (κ2) is 25.6. The summed E-state index contributed by atoms with van der Waals surface area (Å²) < 4.78 is 13.2. The van der Waals surface area contributed by atoms with E-state index >= 15 is 0 Å². The molecule has 0 aliphatic rings. The van der Waals surface area contributed by atoms with E-state index in [1.165, 1.54) is 38.1 Å². The van der Waals surface area contributed by atoms with Gasteiger partial charge in [-0.05, 0) is 82.6 Å². The lowest BCUT2D eigenvalue weighted by Crippen LogP contribution is -2.48. The number of carbonyl (C=O) groups excluding carboxylic acids is 2. The summed E-state index contributed by atoms with van der Waals surface area (Å²) in [5.74, 6) is 4.59. The summed E-state index contributed by atoms with van der Waals surface area (Å²) in [6.07, 6.45) is 5.23. The third-order valence-corrected chi connectivity index (χ3v) is 5.48. The van der Waals surface area contributed by atoms with Gasteiger partial charge in [0.1, 0.15) is 17.6 Å². The number of nitrogens with one attached hydrogen (secondary N) is 3. The molecule has 1 aromatic carbocycles. The van der Waals surface area contributed by atoms with Crippen molar-refractivity contribution in [3.63, 3.8) is 0 Å². The van der Waals surface area contributed by atoms with Gasteiger partial charge in [0, 0.05) is 23.6 Å². The van der Waals surface area contributed by atoms with Gasteiger partial charge >= 0.3 is 0 Å². The van der Waals surface area contributed by atoms with Crippen LogP contribution in [0.4, 0.5) is 4.39 Å². The van der Waals surface area contributed by atoms with Crippen LogP contribution in [0.1, 0.15) is 109 Å². The number of rotatable bonds is 11. The zero-order valence-electron chi connectivity index (χ0n) is 27.5. The second-order valence-corrected chi connectivity index (χ2v) is 9.97. The first-order valence-electron chi connectivity index (χ1n) is 15.1. The van der Waals surface area contributed by atoms with Crippen molar-refractivity contribution in [1.29, 1.82) is 0 Å². The predicted octanol–water partition coefficient (Wildman–Crippen LogP) is 7.78. The fourth-order valence-electron chi connectivity index (χ4n) is 3.36. The zero-order chi connectivity index (χ0) is 32.5. The van der Waals surface area contributed by atoms with Crippen LogP contribution >= 0.6 is 11.6 Å². The first-order valence-corrected chi connectivity index (χ1v) is 15.4. The largest absolute Gasteiger partial charge is 0.354 e. The fraction of sp³-hybridized carbons (Fsp3) is 0.529. The smallest absolute Gasteiger partial charge is 0.268 e. The summed E-state index contributed by atoms with van der Waals surface area (Å²) in [5, 5.41) is 6.11. The van der Waals surface area contributed by atoms with E-state index in [0.29, 0.717) is 22.8 Å². The molecule has 0 unspecified atom stereocenters. The first kappa shape index (κ1) is 41.1. The summed E-state index contributed by atoms with van der Waals surface area (Å²) in [4.78, 5) is 30.7. The molecule has 0 radical (unpaired) electrons. The van der Waals surface area contributed by atoms with Gasteiger partial charge in [0.25, 0.3) is 5.91 Å². The number of hydrogen-bond acceptors (Lipinski definition) is 3. The molecule has 0 saturated carbocycles. The highest BCUT2D eigenvalue weighted by atomic mass is 35.5. The minimum atomic E-state index is -0.813. The minimum absolute atomic E-state index is 0.234. The molecular formula is C34H54ClFN4O2. The van der Waals surface area contributed by atoms with E-state index < -0.39 is 11.9 Å². The van der Waals surface area contributed by atoms with Crippen molar-refractivity contribution in [2.45, 2.75) is 94.0 Å². The summed E-state index contributed by atoms with van der Waals surface area (Å²) in [7, 11) is 2.14. The van der Waals surface area contributed by atoms with Gasteiger partial charge in [0.2, 0.25) is 5.91 Å². The van der Waals surface area contributed by atoms with Gasteiger partial charge in [-0.1, -0.05) is 84.5 Å². The maximum atomic E-state index is 13.2. The lowest BCUT2D eigenvalue weighted by molar-refractivity contribution is -0.122. The number of carbonyl (C=O) groups is 2. The van der Waals surface area contributed by atoms with Gasteiger partial charge in [0.05, 0.1) is 5.69 Å². The quantitative estimate of drug-likeness (QED) is 0.229. The van der Waals surface area contributed by atoms with E-state index in [1.54, 1.807) is 38.1 Å². The summed E-state index contributed by atoms with van der Waals surface area (Å²) in [6.45, 7) is 20.9. The van der Waals surface area contributed by atoms with Crippen LogP contribution in [-0.2, 0) is 11.2 Å². The Balaban J connectivity index is 0. The lowest BCUT2D eigenvalue weighted by Gasteiger charge is -2.18. The molecule has 2 amide bonds. The van der Waals surface area contributed by atoms with E-state index in [9.17, 15) is 14.0 Å². The number of H-pyrrole nitrogens is 1. The van der Waals surface area contributed by atoms with Gasteiger partial charge in [-0.2, -0.15) is 0 Å². The Labute approximate surface area is 259 Å². The van der Waals surface area contributed by atoms with E-state index in [2.05, 4.69) is 67.1 Å². The maximum Gasteiger partial charge on any atom is 0.268 e. The Morgan fingerprint density at radius 2 is 1.69 bits per heavy atom. The molecule has 1 aromatic heterocycles. The van der Waals surface area contributed by atoms with Crippen molar-refractivity contribution in [2.24, 2.45) is 0 Å². The second-order valence-electron chi connectivity index (χ2n) is 9.37. The average Bonchev–Trinajstić information content (AvgIpc) is 3.36. The maximum absolute atomic E-state index is 13.2. The number of nitrogens with zero attached hydrogens (tertiary/aromatic N) is 1. The van der Waals surface area contributed by atoms with Gasteiger partial charge in [0.15, 0.2) is 0 Å². The van der Waals surface area contributed by atoms with Crippen LogP contribution in [0.3, 0.4) is 0 Å². The van der Waals surface area contributed by atoms with Gasteiger partial charge in [-0.3, -0.25) is 9.59 Å². The predicted molar refractivity (Wildman–Crippen MR) is 178 cm³/mol. The molecule has 1 atom stereocenters. The molecule has 2 aromatic rings. The fourth-order valence-corrected chi connectivity index (χ4v) is 3.48. The van der Waals surface area contributed by atoms with Gasteiger partial charge in [-0.15, -0.1) is 0 Å². The Hall–Kier alpha value is -3.08. The molecule has 0 spiro atoms. The Morgan fingerprint density at radius 1 is 1.10 bits per heavy atom. The van der Waals surface area contributed by atoms with E-state index in [4.69, 9.17) is 11.6 Å². The molecule has 42 heavy (non-hydrogen) atoms. The first-order chi connectivity index (χ1) is 20.1. The number of aromatic amines is 1. The van der Waals surface area contributed by atoms with Crippen LogP contribution in [0.15, 0.2) is 35.4 Å². The van der Waals surface area contributed by atoms with Crippen LogP contribution in [-0.4, -0.2) is 54.4 Å². The van der Waals surface area contributed by atoms with Gasteiger partial charge < -0.3 is 20.5 Å². The van der Waals surface area contributed by atoms with E-state index in [0.717, 1.165) is 12.0 Å². The molecule has 2 rings (SSSR count). The highest BCUT2D eigenvalue weighted by Crippen LogP contribution is 2.16. The molecule has 0 aliphatic carbocycles. The van der Waals surface area contributed by atoms with E-state index in [1.807, 2.05) is 20.8 Å². The number of aromatic nitrogens is 1.